The zero-order valence-corrected chi connectivity index (χ0v) is 9.28. The van der Waals surface area contributed by atoms with E-state index in [-0.39, 0.29) is 6.61 Å². The van der Waals surface area contributed by atoms with Crippen LogP contribution in [0.5, 0.6) is 5.75 Å². The van der Waals surface area contributed by atoms with Crippen LogP contribution in [0.1, 0.15) is 17.3 Å². The van der Waals surface area contributed by atoms with Crippen LogP contribution in [0.4, 0.5) is 0 Å². The summed E-state index contributed by atoms with van der Waals surface area (Å²) in [6.45, 7) is 1.88. The van der Waals surface area contributed by atoms with Gasteiger partial charge in [-0.1, -0.05) is 11.6 Å². The first-order chi connectivity index (χ1) is 7.63. The maximum Gasteiger partial charge on any atom is 0.355 e. The average molecular weight is 241 g/mol. The van der Waals surface area contributed by atoms with Crippen LogP contribution < -0.4 is 4.74 Å². The van der Waals surface area contributed by atoms with Crippen molar-refractivity contribution >= 4 is 23.4 Å². The lowest BCUT2D eigenvalue weighted by molar-refractivity contribution is -0.148. The maximum absolute atomic E-state index is 11.8. The number of carbonyl (C=O) groups is 2. The van der Waals surface area contributed by atoms with Crippen molar-refractivity contribution in [3.8, 4) is 5.75 Å². The fourth-order valence-corrected chi connectivity index (χ4v) is 1.66. The first kappa shape index (κ1) is 11.0. The molecule has 5 heteroatoms. The number of Topliss-reactive ketones (excluding diaryl/α,β-unsaturated/α-hetero) is 1. The van der Waals surface area contributed by atoms with Crippen LogP contribution in [-0.4, -0.2) is 24.5 Å². The highest BCUT2D eigenvalue weighted by molar-refractivity contribution is 6.31. The number of halogens is 1. The molecular weight excluding hydrogens is 232 g/mol. The fourth-order valence-electron chi connectivity index (χ4n) is 1.49. The molecule has 1 aromatic rings. The van der Waals surface area contributed by atoms with E-state index in [1.165, 1.54) is 6.07 Å². The highest BCUT2D eigenvalue weighted by Crippen LogP contribution is 2.31. The Morgan fingerprint density at radius 1 is 1.56 bits per heavy atom. The largest absolute Gasteiger partial charge is 0.470 e. The van der Waals surface area contributed by atoms with E-state index in [9.17, 15) is 9.59 Å². The molecule has 0 saturated heterocycles. The van der Waals surface area contributed by atoms with Crippen molar-refractivity contribution in [1.82, 2.24) is 0 Å². The van der Waals surface area contributed by atoms with Gasteiger partial charge in [-0.05, 0) is 25.1 Å². The molecule has 0 radical (unpaired) electrons. The molecule has 0 bridgehead atoms. The molecular formula is C11H9ClO4. The molecule has 0 spiro atoms. The molecule has 0 unspecified atom stereocenters. The summed E-state index contributed by atoms with van der Waals surface area (Å²) in [6, 6.07) is 4.65. The number of carbonyl (C=O) groups excluding carboxylic acids is 2. The molecule has 1 heterocycles. The van der Waals surface area contributed by atoms with Crippen LogP contribution in [0.3, 0.4) is 0 Å². The third kappa shape index (κ3) is 1.76. The zero-order valence-electron chi connectivity index (χ0n) is 8.53. The van der Waals surface area contributed by atoms with Gasteiger partial charge in [0.2, 0.25) is 5.78 Å². The van der Waals surface area contributed by atoms with Crippen LogP contribution in [0, 0.1) is 0 Å². The number of hydrogen-bond donors (Lipinski definition) is 0. The Labute approximate surface area is 97.1 Å². The lowest BCUT2D eigenvalue weighted by atomic mass is 10.1. The first-order valence-electron chi connectivity index (χ1n) is 4.80. The summed E-state index contributed by atoms with van der Waals surface area (Å²) in [5, 5.41) is 0.431. The number of esters is 1. The third-order valence-corrected chi connectivity index (χ3v) is 2.43. The molecule has 0 amide bonds. The smallest absolute Gasteiger partial charge is 0.355 e. The summed E-state index contributed by atoms with van der Waals surface area (Å²) in [5.74, 6) is -0.705. The Morgan fingerprint density at radius 2 is 2.31 bits per heavy atom. The van der Waals surface area contributed by atoms with E-state index < -0.39 is 17.9 Å². The fraction of sp³-hybridized carbons (Fsp3) is 0.273. The van der Waals surface area contributed by atoms with Crippen LogP contribution in [0.15, 0.2) is 18.2 Å². The lowest BCUT2D eigenvalue weighted by Gasteiger charge is -2.07. The Morgan fingerprint density at radius 3 is 3.00 bits per heavy atom. The number of fused-ring (bicyclic) bond motifs is 1. The quantitative estimate of drug-likeness (QED) is 0.585. The Kier molecular flexibility index (Phi) is 2.83. The number of hydrogen-bond acceptors (Lipinski definition) is 4. The lowest BCUT2D eigenvalue weighted by Crippen LogP contribution is -2.32. The second-order valence-corrected chi connectivity index (χ2v) is 3.69. The molecule has 1 aromatic carbocycles. The van der Waals surface area contributed by atoms with Crippen molar-refractivity contribution in [2.24, 2.45) is 0 Å². The minimum Gasteiger partial charge on any atom is -0.470 e. The normalized spacial score (nSPS) is 17.9. The first-order valence-corrected chi connectivity index (χ1v) is 5.18. The molecule has 0 fully saturated rings. The van der Waals surface area contributed by atoms with Gasteiger partial charge in [-0.25, -0.2) is 4.79 Å². The summed E-state index contributed by atoms with van der Waals surface area (Å²) in [6.07, 6.45) is -1.19. The van der Waals surface area contributed by atoms with E-state index in [4.69, 9.17) is 21.1 Å². The van der Waals surface area contributed by atoms with Crippen molar-refractivity contribution in [2.45, 2.75) is 13.0 Å². The molecule has 4 nitrogen and oxygen atoms in total. The van der Waals surface area contributed by atoms with Crippen molar-refractivity contribution in [3.05, 3.63) is 28.8 Å². The summed E-state index contributed by atoms with van der Waals surface area (Å²) >= 11 is 5.75. The van der Waals surface area contributed by atoms with Gasteiger partial charge in [-0.2, -0.15) is 0 Å². The molecule has 84 valence electrons. The number of ketones is 1. The van der Waals surface area contributed by atoms with Gasteiger partial charge in [0.1, 0.15) is 5.75 Å². The van der Waals surface area contributed by atoms with Gasteiger partial charge >= 0.3 is 5.97 Å². The topological polar surface area (TPSA) is 52.6 Å². The third-order valence-electron chi connectivity index (χ3n) is 2.19. The minimum absolute atomic E-state index is 0.211. The van der Waals surface area contributed by atoms with Crippen molar-refractivity contribution in [1.29, 1.82) is 0 Å². The molecule has 16 heavy (non-hydrogen) atoms. The predicted octanol–water partition coefficient (Wildman–Crippen LogP) is 1.85. The molecule has 0 aromatic heterocycles. The van der Waals surface area contributed by atoms with Gasteiger partial charge in [-0.15, -0.1) is 0 Å². The number of rotatable bonds is 2. The number of benzene rings is 1. The summed E-state index contributed by atoms with van der Waals surface area (Å²) in [5.41, 5.74) is 0.325. The van der Waals surface area contributed by atoms with E-state index in [1.807, 2.05) is 0 Å². The van der Waals surface area contributed by atoms with Crippen molar-refractivity contribution in [3.63, 3.8) is 0 Å². The number of ether oxygens (including phenoxy) is 2. The minimum atomic E-state index is -1.19. The van der Waals surface area contributed by atoms with Gasteiger partial charge in [0, 0.05) is 5.02 Å². The maximum atomic E-state index is 11.8. The van der Waals surface area contributed by atoms with Gasteiger partial charge < -0.3 is 9.47 Å². The summed E-state index contributed by atoms with van der Waals surface area (Å²) in [4.78, 5) is 23.2. The zero-order chi connectivity index (χ0) is 11.7. The standard InChI is InChI=1S/C11H9ClO4/c1-2-15-11(14)10-9(13)7-5-6(12)3-4-8(7)16-10/h3-5,10H,2H2,1H3/t10-/m0/s1. The van der Waals surface area contributed by atoms with E-state index in [0.29, 0.717) is 16.3 Å². The van der Waals surface area contributed by atoms with E-state index in [0.717, 1.165) is 0 Å². The second kappa shape index (κ2) is 4.14. The molecule has 0 saturated carbocycles. The summed E-state index contributed by atoms with van der Waals surface area (Å²) in [7, 11) is 0. The van der Waals surface area contributed by atoms with Gasteiger partial charge in [0.25, 0.3) is 6.10 Å². The van der Waals surface area contributed by atoms with Gasteiger partial charge in [0.05, 0.1) is 12.2 Å². The Hall–Kier alpha value is -1.55. The predicted molar refractivity (Wildman–Crippen MR) is 56.8 cm³/mol. The van der Waals surface area contributed by atoms with Crippen LogP contribution in [0.25, 0.3) is 0 Å². The molecule has 1 aliphatic heterocycles. The monoisotopic (exact) mass is 240 g/mol. The Bertz CT molecular complexity index is 455. The average Bonchev–Trinajstić information content (AvgIpc) is 2.57. The van der Waals surface area contributed by atoms with E-state index in [2.05, 4.69) is 0 Å². The summed E-state index contributed by atoms with van der Waals surface area (Å²) < 4.78 is 9.95. The van der Waals surface area contributed by atoms with Crippen molar-refractivity contribution < 1.29 is 19.1 Å². The van der Waals surface area contributed by atoms with Gasteiger partial charge in [0.15, 0.2) is 0 Å². The SMILES string of the molecule is CCOC(=O)[C@H]1Oc2ccc(Cl)cc2C1=O. The van der Waals surface area contributed by atoms with Crippen LogP contribution in [-0.2, 0) is 9.53 Å². The highest BCUT2D eigenvalue weighted by atomic mass is 35.5. The molecule has 2 rings (SSSR count). The van der Waals surface area contributed by atoms with Crippen LogP contribution >= 0.6 is 11.6 Å². The van der Waals surface area contributed by atoms with Gasteiger partial charge in [-0.3, -0.25) is 4.79 Å². The van der Waals surface area contributed by atoms with E-state index >= 15 is 0 Å². The van der Waals surface area contributed by atoms with Crippen molar-refractivity contribution in [2.75, 3.05) is 6.61 Å². The Balaban J connectivity index is 2.27. The molecule has 0 N–H and O–H groups in total. The highest BCUT2D eigenvalue weighted by Gasteiger charge is 2.39. The molecule has 0 aliphatic carbocycles. The van der Waals surface area contributed by atoms with E-state index in [1.54, 1.807) is 19.1 Å². The second-order valence-electron chi connectivity index (χ2n) is 3.25. The molecule has 1 aliphatic rings. The van der Waals surface area contributed by atoms with Crippen LogP contribution in [0.2, 0.25) is 5.02 Å². The molecule has 1 atom stereocenters.